The van der Waals surface area contributed by atoms with E-state index in [1.807, 2.05) is 24.1 Å². The summed E-state index contributed by atoms with van der Waals surface area (Å²) in [5.74, 6) is 0.122. The van der Waals surface area contributed by atoms with Crippen molar-refractivity contribution in [3.8, 4) is 0 Å². The lowest BCUT2D eigenvalue weighted by atomic mass is 10.0. The molecule has 1 heterocycles. The maximum absolute atomic E-state index is 12.8. The Balaban J connectivity index is 1.61. The van der Waals surface area contributed by atoms with Gasteiger partial charge >= 0.3 is 0 Å². The van der Waals surface area contributed by atoms with Gasteiger partial charge < -0.3 is 10.2 Å². The number of aryl methyl sites for hydroxylation is 1. The molecule has 0 aromatic heterocycles. The summed E-state index contributed by atoms with van der Waals surface area (Å²) in [5.41, 5.74) is 5.91. The van der Waals surface area contributed by atoms with Crippen molar-refractivity contribution >= 4 is 11.6 Å². The Labute approximate surface area is 131 Å². The van der Waals surface area contributed by atoms with Crippen molar-refractivity contribution in [3.63, 3.8) is 0 Å². The molecule has 0 saturated heterocycles. The average molecular weight is 292 g/mol. The van der Waals surface area contributed by atoms with Crippen LogP contribution in [0.2, 0.25) is 0 Å². The molecule has 2 aromatic carbocycles. The van der Waals surface area contributed by atoms with Crippen molar-refractivity contribution in [2.24, 2.45) is 0 Å². The third-order valence-electron chi connectivity index (χ3n) is 4.95. The van der Waals surface area contributed by atoms with Crippen LogP contribution >= 0.6 is 0 Å². The number of carbonyl (C=O) groups excluding carboxylic acids is 1. The summed E-state index contributed by atoms with van der Waals surface area (Å²) in [5, 5.41) is 3.34. The van der Waals surface area contributed by atoms with Crippen LogP contribution in [0.3, 0.4) is 0 Å². The zero-order chi connectivity index (χ0) is 15.1. The Morgan fingerprint density at radius 1 is 1.14 bits per heavy atom. The van der Waals surface area contributed by atoms with Gasteiger partial charge in [-0.05, 0) is 54.2 Å². The number of anilines is 1. The molecule has 1 aliphatic carbocycles. The van der Waals surface area contributed by atoms with Crippen molar-refractivity contribution in [3.05, 3.63) is 64.7 Å². The highest BCUT2D eigenvalue weighted by molar-refractivity contribution is 5.95. The molecule has 2 aromatic rings. The number of nitrogens with zero attached hydrogens (tertiary/aromatic N) is 1. The molecule has 112 valence electrons. The SMILES string of the molecule is CN(C(=O)c1ccc2c(c1)CCN2)C1CCc2ccccc21. The summed E-state index contributed by atoms with van der Waals surface area (Å²) in [7, 11) is 1.93. The van der Waals surface area contributed by atoms with Crippen LogP contribution in [-0.4, -0.2) is 24.4 Å². The van der Waals surface area contributed by atoms with Crippen LogP contribution in [0.4, 0.5) is 5.69 Å². The predicted molar refractivity (Wildman–Crippen MR) is 88.2 cm³/mol. The highest BCUT2D eigenvalue weighted by Crippen LogP contribution is 2.35. The maximum atomic E-state index is 12.8. The molecule has 0 radical (unpaired) electrons. The second-order valence-corrected chi connectivity index (χ2v) is 6.22. The Morgan fingerprint density at radius 2 is 2.00 bits per heavy atom. The minimum atomic E-state index is 0.122. The van der Waals surface area contributed by atoms with E-state index < -0.39 is 0 Å². The Hall–Kier alpha value is -2.29. The minimum Gasteiger partial charge on any atom is -0.384 e. The molecule has 1 aliphatic heterocycles. The van der Waals surface area contributed by atoms with E-state index in [1.54, 1.807) is 0 Å². The van der Waals surface area contributed by atoms with Gasteiger partial charge in [0.1, 0.15) is 0 Å². The molecular weight excluding hydrogens is 272 g/mol. The van der Waals surface area contributed by atoms with E-state index in [4.69, 9.17) is 0 Å². The molecule has 0 bridgehead atoms. The van der Waals surface area contributed by atoms with Crippen LogP contribution in [0.5, 0.6) is 0 Å². The average Bonchev–Trinajstić information content (AvgIpc) is 3.19. The molecular formula is C19H20N2O. The van der Waals surface area contributed by atoms with Gasteiger partial charge in [0.2, 0.25) is 0 Å². The number of nitrogens with one attached hydrogen (secondary N) is 1. The van der Waals surface area contributed by atoms with E-state index in [2.05, 4.69) is 35.6 Å². The van der Waals surface area contributed by atoms with Crippen LogP contribution in [0.1, 0.15) is 39.5 Å². The first-order valence-corrected chi connectivity index (χ1v) is 7.96. The number of benzene rings is 2. The number of hydrogen-bond donors (Lipinski definition) is 1. The smallest absolute Gasteiger partial charge is 0.254 e. The van der Waals surface area contributed by atoms with E-state index in [0.717, 1.165) is 31.4 Å². The van der Waals surface area contributed by atoms with Crippen LogP contribution < -0.4 is 5.32 Å². The number of hydrogen-bond acceptors (Lipinski definition) is 2. The lowest BCUT2D eigenvalue weighted by molar-refractivity contribution is 0.0730. The van der Waals surface area contributed by atoms with E-state index in [0.29, 0.717) is 0 Å². The second-order valence-electron chi connectivity index (χ2n) is 6.22. The number of amides is 1. The summed E-state index contributed by atoms with van der Waals surface area (Å²) >= 11 is 0. The van der Waals surface area contributed by atoms with Crippen LogP contribution in [-0.2, 0) is 12.8 Å². The molecule has 0 fully saturated rings. The van der Waals surface area contributed by atoms with E-state index in [1.165, 1.54) is 22.4 Å². The van der Waals surface area contributed by atoms with E-state index in [9.17, 15) is 4.79 Å². The van der Waals surface area contributed by atoms with Gasteiger partial charge in [-0.2, -0.15) is 0 Å². The number of carbonyl (C=O) groups is 1. The summed E-state index contributed by atoms with van der Waals surface area (Å²) in [6.45, 7) is 0.971. The fourth-order valence-electron chi connectivity index (χ4n) is 3.72. The molecule has 0 spiro atoms. The molecule has 0 saturated carbocycles. The zero-order valence-corrected chi connectivity index (χ0v) is 12.8. The largest absolute Gasteiger partial charge is 0.384 e. The summed E-state index contributed by atoms with van der Waals surface area (Å²) in [6.07, 6.45) is 3.09. The van der Waals surface area contributed by atoms with Crippen molar-refractivity contribution in [1.82, 2.24) is 4.90 Å². The molecule has 3 nitrogen and oxygen atoms in total. The molecule has 4 rings (SSSR count). The molecule has 1 amide bonds. The minimum absolute atomic E-state index is 0.122. The molecule has 22 heavy (non-hydrogen) atoms. The van der Waals surface area contributed by atoms with Crippen molar-refractivity contribution in [2.45, 2.75) is 25.3 Å². The quantitative estimate of drug-likeness (QED) is 0.920. The van der Waals surface area contributed by atoms with Gasteiger partial charge in [-0.15, -0.1) is 0 Å². The first-order valence-electron chi connectivity index (χ1n) is 7.96. The van der Waals surface area contributed by atoms with Crippen LogP contribution in [0, 0.1) is 0 Å². The fraction of sp³-hybridized carbons (Fsp3) is 0.316. The normalized spacial score (nSPS) is 18.5. The molecule has 1 atom stereocenters. The third-order valence-corrected chi connectivity index (χ3v) is 4.95. The summed E-state index contributed by atoms with van der Waals surface area (Å²) in [4.78, 5) is 14.8. The van der Waals surface area contributed by atoms with Crippen molar-refractivity contribution < 1.29 is 4.79 Å². The first-order chi connectivity index (χ1) is 10.7. The summed E-state index contributed by atoms with van der Waals surface area (Å²) in [6, 6.07) is 14.7. The monoisotopic (exact) mass is 292 g/mol. The molecule has 2 aliphatic rings. The van der Waals surface area contributed by atoms with Gasteiger partial charge in [-0.25, -0.2) is 0 Å². The zero-order valence-electron chi connectivity index (χ0n) is 12.8. The number of rotatable bonds is 2. The van der Waals surface area contributed by atoms with Crippen molar-refractivity contribution in [2.75, 3.05) is 18.9 Å². The van der Waals surface area contributed by atoms with Gasteiger partial charge in [-0.3, -0.25) is 4.79 Å². The fourth-order valence-corrected chi connectivity index (χ4v) is 3.72. The van der Waals surface area contributed by atoms with Gasteiger partial charge in [0.15, 0.2) is 0 Å². The predicted octanol–water partition coefficient (Wildman–Crippen LogP) is 3.41. The second kappa shape index (κ2) is 5.16. The van der Waals surface area contributed by atoms with Gasteiger partial charge in [-0.1, -0.05) is 24.3 Å². The number of fused-ring (bicyclic) bond motifs is 2. The topological polar surface area (TPSA) is 32.3 Å². The standard InChI is InChI=1S/C19H20N2O/c1-21(18-9-7-13-4-2-3-5-16(13)18)19(22)15-6-8-17-14(12-15)10-11-20-17/h2-6,8,12,18,20H,7,9-11H2,1H3. The van der Waals surface area contributed by atoms with Crippen molar-refractivity contribution in [1.29, 1.82) is 0 Å². The highest BCUT2D eigenvalue weighted by atomic mass is 16.2. The highest BCUT2D eigenvalue weighted by Gasteiger charge is 2.29. The first kappa shape index (κ1) is 13.4. The van der Waals surface area contributed by atoms with Gasteiger partial charge in [0.25, 0.3) is 5.91 Å². The van der Waals surface area contributed by atoms with Gasteiger partial charge in [0, 0.05) is 24.8 Å². The molecule has 1 unspecified atom stereocenters. The lowest BCUT2D eigenvalue weighted by Crippen LogP contribution is -2.30. The van der Waals surface area contributed by atoms with E-state index in [-0.39, 0.29) is 11.9 Å². The Kier molecular flexibility index (Phi) is 3.14. The van der Waals surface area contributed by atoms with Gasteiger partial charge in [0.05, 0.1) is 6.04 Å². The van der Waals surface area contributed by atoms with Crippen LogP contribution in [0.25, 0.3) is 0 Å². The lowest BCUT2D eigenvalue weighted by Gasteiger charge is -2.25. The summed E-state index contributed by atoms with van der Waals surface area (Å²) < 4.78 is 0. The molecule has 1 N–H and O–H groups in total. The Morgan fingerprint density at radius 3 is 2.91 bits per heavy atom. The van der Waals surface area contributed by atoms with E-state index >= 15 is 0 Å². The third kappa shape index (κ3) is 2.08. The Bertz CT molecular complexity index is 738. The van der Waals surface area contributed by atoms with Crippen LogP contribution in [0.15, 0.2) is 42.5 Å². The molecule has 3 heteroatoms. The maximum Gasteiger partial charge on any atom is 0.254 e.